The molecule has 0 spiro atoms. The molecule has 0 amide bonds. The highest BCUT2D eigenvalue weighted by Gasteiger charge is 2.06. The first kappa shape index (κ1) is 14.3. The van der Waals surface area contributed by atoms with E-state index in [0.717, 1.165) is 22.6 Å². The summed E-state index contributed by atoms with van der Waals surface area (Å²) in [6.45, 7) is 1.10. The van der Waals surface area contributed by atoms with Gasteiger partial charge in [-0.05, 0) is 30.8 Å². The molecular weight excluding hydrogens is 257 g/mol. The maximum Gasteiger partial charge on any atom is 0.127 e. The number of hydrogen-bond acceptors (Lipinski definition) is 3. The van der Waals surface area contributed by atoms with E-state index in [2.05, 4.69) is 5.32 Å². The molecule has 2 aromatic carbocycles. The number of hydrogen-bond donors (Lipinski definition) is 1. The third-order valence-corrected chi connectivity index (χ3v) is 2.95. The van der Waals surface area contributed by atoms with Crippen LogP contribution < -0.4 is 14.8 Å². The van der Waals surface area contributed by atoms with Gasteiger partial charge in [0.1, 0.15) is 23.9 Å². The Hall–Kier alpha value is -2.07. The van der Waals surface area contributed by atoms with Crippen molar-refractivity contribution in [2.24, 2.45) is 0 Å². The van der Waals surface area contributed by atoms with Crippen LogP contribution in [-0.4, -0.2) is 14.2 Å². The minimum Gasteiger partial charge on any atom is -0.497 e. The van der Waals surface area contributed by atoms with Crippen molar-refractivity contribution in [2.45, 2.75) is 13.2 Å². The Morgan fingerprint density at radius 1 is 1.10 bits per heavy atom. The zero-order valence-electron chi connectivity index (χ0n) is 11.7. The maximum atomic E-state index is 12.8. The number of methoxy groups -OCH3 is 1. The van der Waals surface area contributed by atoms with E-state index in [9.17, 15) is 4.39 Å². The summed E-state index contributed by atoms with van der Waals surface area (Å²) in [4.78, 5) is 0. The third-order valence-electron chi connectivity index (χ3n) is 2.95. The second-order valence-corrected chi connectivity index (χ2v) is 4.42. The lowest BCUT2D eigenvalue weighted by molar-refractivity contribution is 0.299. The first-order valence-corrected chi connectivity index (χ1v) is 6.41. The van der Waals surface area contributed by atoms with Crippen LogP contribution in [0.1, 0.15) is 11.1 Å². The summed E-state index contributed by atoms with van der Waals surface area (Å²) in [6.07, 6.45) is 0. The molecule has 2 aromatic rings. The van der Waals surface area contributed by atoms with Gasteiger partial charge in [-0.1, -0.05) is 18.2 Å². The number of benzene rings is 2. The van der Waals surface area contributed by atoms with Gasteiger partial charge in [-0.3, -0.25) is 0 Å². The fraction of sp³-hybridized carbons (Fsp3) is 0.250. The van der Waals surface area contributed by atoms with Gasteiger partial charge in [0.15, 0.2) is 0 Å². The number of halogens is 1. The lowest BCUT2D eigenvalue weighted by Gasteiger charge is -2.13. The Morgan fingerprint density at radius 3 is 2.50 bits per heavy atom. The fourth-order valence-corrected chi connectivity index (χ4v) is 1.87. The SMILES string of the molecule is CNCc1ccc(OC)cc1OCc1ccc(F)cc1. The minimum atomic E-state index is -0.244. The van der Waals surface area contributed by atoms with Crippen LogP contribution >= 0.6 is 0 Å². The van der Waals surface area contributed by atoms with Crippen LogP contribution in [0, 0.1) is 5.82 Å². The molecule has 0 unspecified atom stereocenters. The van der Waals surface area contributed by atoms with Crippen molar-refractivity contribution in [1.29, 1.82) is 0 Å². The van der Waals surface area contributed by atoms with E-state index in [1.54, 1.807) is 19.2 Å². The number of ether oxygens (including phenoxy) is 2. The second kappa shape index (κ2) is 6.91. The van der Waals surface area contributed by atoms with E-state index >= 15 is 0 Å². The van der Waals surface area contributed by atoms with E-state index in [1.165, 1.54) is 12.1 Å². The van der Waals surface area contributed by atoms with Gasteiger partial charge in [0.2, 0.25) is 0 Å². The highest BCUT2D eigenvalue weighted by atomic mass is 19.1. The molecule has 0 saturated heterocycles. The van der Waals surface area contributed by atoms with Gasteiger partial charge in [0.25, 0.3) is 0 Å². The van der Waals surface area contributed by atoms with Gasteiger partial charge in [0.05, 0.1) is 7.11 Å². The summed E-state index contributed by atoms with van der Waals surface area (Å²) < 4.78 is 23.9. The Balaban J connectivity index is 2.12. The van der Waals surface area contributed by atoms with E-state index in [-0.39, 0.29) is 5.82 Å². The molecule has 0 heterocycles. The highest BCUT2D eigenvalue weighted by molar-refractivity contribution is 5.40. The van der Waals surface area contributed by atoms with Crippen LogP contribution in [0.3, 0.4) is 0 Å². The van der Waals surface area contributed by atoms with Crippen LogP contribution in [0.4, 0.5) is 4.39 Å². The average Bonchev–Trinajstić information content (AvgIpc) is 2.48. The Labute approximate surface area is 118 Å². The van der Waals surface area contributed by atoms with Crippen LogP contribution in [0.2, 0.25) is 0 Å². The summed E-state index contributed by atoms with van der Waals surface area (Å²) >= 11 is 0. The molecule has 0 aliphatic rings. The predicted molar refractivity (Wildman–Crippen MR) is 76.5 cm³/mol. The molecule has 106 valence electrons. The lowest BCUT2D eigenvalue weighted by atomic mass is 10.2. The van der Waals surface area contributed by atoms with E-state index in [1.807, 2.05) is 25.2 Å². The zero-order valence-corrected chi connectivity index (χ0v) is 11.7. The van der Waals surface area contributed by atoms with Crippen molar-refractivity contribution in [3.05, 3.63) is 59.4 Å². The average molecular weight is 275 g/mol. The van der Waals surface area contributed by atoms with Crippen molar-refractivity contribution in [3.8, 4) is 11.5 Å². The molecule has 1 N–H and O–H groups in total. The molecule has 0 aliphatic heterocycles. The third kappa shape index (κ3) is 3.71. The Morgan fingerprint density at radius 2 is 1.85 bits per heavy atom. The van der Waals surface area contributed by atoms with Gasteiger partial charge in [-0.25, -0.2) is 4.39 Å². The summed E-state index contributed by atoms with van der Waals surface area (Å²) in [5, 5.41) is 3.10. The van der Waals surface area contributed by atoms with Gasteiger partial charge < -0.3 is 14.8 Å². The molecule has 3 nitrogen and oxygen atoms in total. The van der Waals surface area contributed by atoms with Gasteiger partial charge in [-0.2, -0.15) is 0 Å². The van der Waals surface area contributed by atoms with Crippen molar-refractivity contribution in [3.63, 3.8) is 0 Å². The standard InChI is InChI=1S/C16H18FNO2/c1-18-10-13-5-8-15(19-2)9-16(13)20-11-12-3-6-14(17)7-4-12/h3-9,18H,10-11H2,1-2H3. The van der Waals surface area contributed by atoms with Crippen molar-refractivity contribution in [2.75, 3.05) is 14.2 Å². The summed E-state index contributed by atoms with van der Waals surface area (Å²) in [5.74, 6) is 1.27. The Kier molecular flexibility index (Phi) is 4.96. The van der Waals surface area contributed by atoms with Crippen molar-refractivity contribution >= 4 is 0 Å². The molecule has 0 aliphatic carbocycles. The van der Waals surface area contributed by atoms with Crippen LogP contribution in [0.15, 0.2) is 42.5 Å². The molecule has 0 fully saturated rings. The Bertz CT molecular complexity index is 555. The fourth-order valence-electron chi connectivity index (χ4n) is 1.87. The quantitative estimate of drug-likeness (QED) is 0.878. The molecule has 20 heavy (non-hydrogen) atoms. The summed E-state index contributed by atoms with van der Waals surface area (Å²) in [5.41, 5.74) is 1.97. The van der Waals surface area contributed by atoms with Crippen LogP contribution in [-0.2, 0) is 13.2 Å². The smallest absolute Gasteiger partial charge is 0.127 e. The molecule has 0 saturated carbocycles. The van der Waals surface area contributed by atoms with E-state index < -0.39 is 0 Å². The monoisotopic (exact) mass is 275 g/mol. The topological polar surface area (TPSA) is 30.5 Å². The molecule has 0 bridgehead atoms. The number of rotatable bonds is 6. The normalized spacial score (nSPS) is 10.3. The molecule has 0 atom stereocenters. The molecule has 0 aromatic heterocycles. The molecular formula is C16H18FNO2. The van der Waals surface area contributed by atoms with Gasteiger partial charge in [-0.15, -0.1) is 0 Å². The van der Waals surface area contributed by atoms with E-state index in [0.29, 0.717) is 13.2 Å². The van der Waals surface area contributed by atoms with Crippen LogP contribution in [0.25, 0.3) is 0 Å². The molecule has 2 rings (SSSR count). The van der Waals surface area contributed by atoms with Crippen molar-refractivity contribution < 1.29 is 13.9 Å². The van der Waals surface area contributed by atoms with Gasteiger partial charge >= 0.3 is 0 Å². The largest absolute Gasteiger partial charge is 0.497 e. The van der Waals surface area contributed by atoms with Gasteiger partial charge in [0, 0.05) is 18.2 Å². The summed E-state index contributed by atoms with van der Waals surface area (Å²) in [6, 6.07) is 12.0. The first-order chi connectivity index (χ1) is 9.72. The lowest BCUT2D eigenvalue weighted by Crippen LogP contribution is -2.07. The van der Waals surface area contributed by atoms with Crippen molar-refractivity contribution in [1.82, 2.24) is 5.32 Å². The maximum absolute atomic E-state index is 12.8. The highest BCUT2D eigenvalue weighted by Crippen LogP contribution is 2.25. The zero-order chi connectivity index (χ0) is 14.4. The predicted octanol–water partition coefficient (Wildman–Crippen LogP) is 3.13. The van der Waals surface area contributed by atoms with Crippen LogP contribution in [0.5, 0.6) is 11.5 Å². The minimum absolute atomic E-state index is 0.244. The number of nitrogens with one attached hydrogen (secondary N) is 1. The summed E-state index contributed by atoms with van der Waals surface area (Å²) in [7, 11) is 3.50. The molecule has 0 radical (unpaired) electrons. The molecule has 4 heteroatoms. The first-order valence-electron chi connectivity index (χ1n) is 6.41. The van der Waals surface area contributed by atoms with E-state index in [4.69, 9.17) is 9.47 Å². The second-order valence-electron chi connectivity index (χ2n) is 4.42.